The van der Waals surface area contributed by atoms with Crippen LogP contribution in [0.5, 0.6) is 11.5 Å². The highest BCUT2D eigenvalue weighted by molar-refractivity contribution is 5.90. The first-order chi connectivity index (χ1) is 13.5. The molecule has 0 aliphatic rings. The summed E-state index contributed by atoms with van der Waals surface area (Å²) in [4.78, 5) is 31.5. The average molecular weight is 388 g/mol. The Balaban J connectivity index is 1.97. The smallest absolute Gasteiger partial charge is 0.305 e. The van der Waals surface area contributed by atoms with Gasteiger partial charge in [0.05, 0.1) is 26.5 Å². The summed E-state index contributed by atoms with van der Waals surface area (Å²) in [5, 5.41) is 5.80. The highest BCUT2D eigenvalue weighted by atomic mass is 16.5. The number of ether oxygens (including phenoxy) is 3. The molecule has 0 bridgehead atoms. The zero-order valence-electron chi connectivity index (χ0n) is 16.2. The number of nitrogens with one attached hydrogen (secondary N) is 2. The molecule has 0 unspecified atom stereocenters. The van der Waals surface area contributed by atoms with E-state index < -0.39 is 0 Å². The van der Waals surface area contributed by atoms with E-state index in [0.717, 1.165) is 0 Å². The van der Waals surface area contributed by atoms with Gasteiger partial charge in [-0.1, -0.05) is 0 Å². The normalized spacial score (nSPS) is 10.1. The van der Waals surface area contributed by atoms with Crippen LogP contribution in [0.4, 0.5) is 17.3 Å². The molecule has 0 saturated carbocycles. The Hall–Kier alpha value is -3.36. The van der Waals surface area contributed by atoms with E-state index in [2.05, 4.69) is 20.6 Å². The minimum atomic E-state index is -0.309. The van der Waals surface area contributed by atoms with Crippen molar-refractivity contribution in [2.45, 2.75) is 26.2 Å². The van der Waals surface area contributed by atoms with Crippen molar-refractivity contribution < 1.29 is 23.8 Å². The van der Waals surface area contributed by atoms with Gasteiger partial charge in [-0.05, 0) is 25.5 Å². The minimum absolute atomic E-state index is 0.190. The van der Waals surface area contributed by atoms with Gasteiger partial charge in [-0.15, -0.1) is 0 Å². The Bertz CT molecular complexity index is 813. The zero-order chi connectivity index (χ0) is 20.4. The number of carbonyl (C=O) groups excluding carboxylic acids is 2. The van der Waals surface area contributed by atoms with Crippen LogP contribution in [0.1, 0.15) is 26.2 Å². The third-order valence-electron chi connectivity index (χ3n) is 3.69. The van der Waals surface area contributed by atoms with Crippen LogP contribution < -0.4 is 20.1 Å². The third-order valence-corrected chi connectivity index (χ3v) is 3.69. The lowest BCUT2D eigenvalue weighted by molar-refractivity contribution is -0.143. The highest BCUT2D eigenvalue weighted by Crippen LogP contribution is 2.31. The summed E-state index contributed by atoms with van der Waals surface area (Å²) in [6.07, 6.45) is 2.13. The molecule has 2 rings (SSSR count). The number of amides is 1. The number of esters is 1. The van der Waals surface area contributed by atoms with Crippen LogP contribution in [0.3, 0.4) is 0 Å². The van der Waals surface area contributed by atoms with Crippen LogP contribution in [0.15, 0.2) is 30.6 Å². The van der Waals surface area contributed by atoms with Crippen LogP contribution in [-0.4, -0.2) is 42.7 Å². The van der Waals surface area contributed by atoms with Crippen molar-refractivity contribution >= 4 is 29.2 Å². The molecule has 0 spiro atoms. The maximum Gasteiger partial charge on any atom is 0.305 e. The second kappa shape index (κ2) is 10.7. The lowest BCUT2D eigenvalue weighted by Crippen LogP contribution is -2.14. The molecule has 0 atom stereocenters. The molecule has 2 N–H and O–H groups in total. The average Bonchev–Trinajstić information content (AvgIpc) is 2.68. The van der Waals surface area contributed by atoms with Gasteiger partial charge in [0, 0.05) is 25.0 Å². The van der Waals surface area contributed by atoms with Crippen molar-refractivity contribution in [1.82, 2.24) is 9.97 Å². The number of rotatable bonds is 10. The molecule has 0 fully saturated rings. The molecule has 1 amide bonds. The predicted octanol–water partition coefficient (Wildman–Crippen LogP) is 2.91. The Morgan fingerprint density at radius 1 is 1.04 bits per heavy atom. The standard InChI is InChI=1S/C19H24N4O5/c1-4-28-19(25)7-5-6-18(24)23-17-11-16(20-12-21-17)22-14-10-13(26-2)8-9-15(14)27-3/h8-12H,4-7H2,1-3H3,(H2,20,21,22,23,24). The Morgan fingerprint density at radius 3 is 2.54 bits per heavy atom. The van der Waals surface area contributed by atoms with Crippen LogP contribution in [0.25, 0.3) is 0 Å². The number of methoxy groups -OCH3 is 2. The second-order valence-electron chi connectivity index (χ2n) is 5.69. The molecule has 9 nitrogen and oxygen atoms in total. The molecule has 0 aliphatic carbocycles. The van der Waals surface area contributed by atoms with Crippen molar-refractivity contribution in [2.75, 3.05) is 31.5 Å². The molecule has 28 heavy (non-hydrogen) atoms. The van der Waals surface area contributed by atoms with Gasteiger partial charge in [-0.25, -0.2) is 9.97 Å². The number of nitrogens with zero attached hydrogens (tertiary/aromatic N) is 2. The Kier molecular flexibility index (Phi) is 8.01. The van der Waals surface area contributed by atoms with E-state index in [9.17, 15) is 9.59 Å². The van der Waals surface area contributed by atoms with Crippen molar-refractivity contribution in [1.29, 1.82) is 0 Å². The first-order valence-corrected chi connectivity index (χ1v) is 8.82. The number of benzene rings is 1. The predicted molar refractivity (Wildman–Crippen MR) is 104 cm³/mol. The molecular weight excluding hydrogens is 364 g/mol. The van der Waals surface area contributed by atoms with Gasteiger partial charge in [-0.3, -0.25) is 9.59 Å². The topological polar surface area (TPSA) is 112 Å². The fourth-order valence-electron chi connectivity index (χ4n) is 2.38. The van der Waals surface area contributed by atoms with Crippen LogP contribution in [-0.2, 0) is 14.3 Å². The van der Waals surface area contributed by atoms with Gasteiger partial charge in [0.15, 0.2) is 0 Å². The SMILES string of the molecule is CCOC(=O)CCCC(=O)Nc1cc(Nc2cc(OC)ccc2OC)ncn1. The fraction of sp³-hybridized carbons (Fsp3) is 0.368. The molecule has 1 heterocycles. The maximum atomic E-state index is 12.0. The molecule has 2 aromatic rings. The summed E-state index contributed by atoms with van der Waals surface area (Å²) in [6, 6.07) is 6.93. The largest absolute Gasteiger partial charge is 0.497 e. The Morgan fingerprint density at radius 2 is 1.82 bits per heavy atom. The van der Waals surface area contributed by atoms with Gasteiger partial charge in [-0.2, -0.15) is 0 Å². The Labute approximate surface area is 163 Å². The molecule has 150 valence electrons. The summed E-state index contributed by atoms with van der Waals surface area (Å²) < 4.78 is 15.4. The summed E-state index contributed by atoms with van der Waals surface area (Å²) in [7, 11) is 3.14. The second-order valence-corrected chi connectivity index (χ2v) is 5.69. The number of hydrogen-bond acceptors (Lipinski definition) is 8. The van der Waals surface area contributed by atoms with Crippen molar-refractivity contribution in [3.8, 4) is 11.5 Å². The van der Waals surface area contributed by atoms with E-state index in [1.54, 1.807) is 45.4 Å². The highest BCUT2D eigenvalue weighted by Gasteiger charge is 2.10. The lowest BCUT2D eigenvalue weighted by atomic mass is 10.2. The van der Waals surface area contributed by atoms with Gasteiger partial charge in [0.25, 0.3) is 0 Å². The van der Waals surface area contributed by atoms with E-state index in [4.69, 9.17) is 14.2 Å². The maximum absolute atomic E-state index is 12.0. The fourth-order valence-corrected chi connectivity index (χ4v) is 2.38. The minimum Gasteiger partial charge on any atom is -0.497 e. The number of anilines is 3. The first-order valence-electron chi connectivity index (χ1n) is 8.82. The summed E-state index contributed by atoms with van der Waals surface area (Å²) in [5.74, 6) is 1.55. The van der Waals surface area contributed by atoms with E-state index in [0.29, 0.717) is 41.8 Å². The molecule has 0 aliphatic heterocycles. The first kappa shape index (κ1) is 20.9. The number of carbonyl (C=O) groups is 2. The van der Waals surface area contributed by atoms with Gasteiger partial charge in [0.1, 0.15) is 29.5 Å². The summed E-state index contributed by atoms with van der Waals surface area (Å²) in [5.41, 5.74) is 0.660. The summed E-state index contributed by atoms with van der Waals surface area (Å²) >= 11 is 0. The molecule has 0 radical (unpaired) electrons. The van der Waals surface area contributed by atoms with Crippen molar-refractivity contribution in [3.63, 3.8) is 0 Å². The van der Waals surface area contributed by atoms with Crippen molar-refractivity contribution in [3.05, 3.63) is 30.6 Å². The molecule has 0 saturated heterocycles. The zero-order valence-corrected chi connectivity index (χ0v) is 16.2. The lowest BCUT2D eigenvalue weighted by Gasteiger charge is -2.12. The van der Waals surface area contributed by atoms with Crippen LogP contribution in [0.2, 0.25) is 0 Å². The molecular formula is C19H24N4O5. The molecule has 1 aromatic heterocycles. The number of hydrogen-bond donors (Lipinski definition) is 2. The molecule has 1 aromatic carbocycles. The molecule has 9 heteroatoms. The third kappa shape index (κ3) is 6.42. The monoisotopic (exact) mass is 388 g/mol. The summed E-state index contributed by atoms with van der Waals surface area (Å²) in [6.45, 7) is 2.08. The number of aromatic nitrogens is 2. The van der Waals surface area contributed by atoms with Crippen LogP contribution >= 0.6 is 0 Å². The van der Waals surface area contributed by atoms with Gasteiger partial charge in [0.2, 0.25) is 5.91 Å². The van der Waals surface area contributed by atoms with Crippen LogP contribution in [0, 0.1) is 0 Å². The van der Waals surface area contributed by atoms with Gasteiger partial charge < -0.3 is 24.8 Å². The van der Waals surface area contributed by atoms with Crippen molar-refractivity contribution in [2.24, 2.45) is 0 Å². The van der Waals surface area contributed by atoms with E-state index >= 15 is 0 Å². The van der Waals surface area contributed by atoms with E-state index in [-0.39, 0.29) is 24.7 Å². The van der Waals surface area contributed by atoms with Gasteiger partial charge >= 0.3 is 5.97 Å². The van der Waals surface area contributed by atoms with E-state index in [1.165, 1.54) is 6.33 Å². The quantitative estimate of drug-likeness (QED) is 0.598. The van der Waals surface area contributed by atoms with E-state index in [1.807, 2.05) is 0 Å².